The fraction of sp³-hybridized carbons (Fsp3) is 0.308. The zero-order valence-corrected chi connectivity index (χ0v) is 20.2. The molecular formula is C26H31N3O3S. The zero-order chi connectivity index (χ0) is 23.6. The molecular weight excluding hydrogens is 434 g/mol. The van der Waals surface area contributed by atoms with Gasteiger partial charge in [0.15, 0.2) is 0 Å². The van der Waals surface area contributed by atoms with Crippen LogP contribution >= 0.6 is 11.3 Å². The largest absolute Gasteiger partial charge is 0.495 e. The van der Waals surface area contributed by atoms with E-state index in [9.17, 15) is 9.59 Å². The molecule has 3 rings (SSSR count). The third-order valence-corrected chi connectivity index (χ3v) is 5.90. The predicted molar refractivity (Wildman–Crippen MR) is 133 cm³/mol. The quantitative estimate of drug-likeness (QED) is 0.432. The number of hydrogen-bond donors (Lipinski definition) is 1. The molecule has 3 amide bonds. The van der Waals surface area contributed by atoms with E-state index in [2.05, 4.69) is 5.32 Å². The lowest BCUT2D eigenvalue weighted by atomic mass is 10.2. The monoisotopic (exact) mass is 465 g/mol. The molecule has 0 aliphatic heterocycles. The summed E-state index contributed by atoms with van der Waals surface area (Å²) < 4.78 is 5.34. The number of amides is 3. The maximum Gasteiger partial charge on any atom is 0.322 e. The van der Waals surface area contributed by atoms with Gasteiger partial charge in [-0.25, -0.2) is 4.79 Å². The Kier molecular flexibility index (Phi) is 8.89. The van der Waals surface area contributed by atoms with Crippen molar-refractivity contribution in [1.82, 2.24) is 9.80 Å². The van der Waals surface area contributed by atoms with Gasteiger partial charge in [-0.1, -0.05) is 62.4 Å². The molecule has 0 aliphatic carbocycles. The first kappa shape index (κ1) is 24.3. The molecule has 2 aromatic carbocycles. The Hall–Kier alpha value is -3.32. The number of anilines is 1. The molecule has 3 aromatic rings. The van der Waals surface area contributed by atoms with Gasteiger partial charge in [-0.2, -0.15) is 0 Å². The number of nitrogens with one attached hydrogen (secondary N) is 1. The van der Waals surface area contributed by atoms with Crippen molar-refractivity contribution in [1.29, 1.82) is 0 Å². The van der Waals surface area contributed by atoms with Crippen LogP contribution < -0.4 is 10.1 Å². The summed E-state index contributed by atoms with van der Waals surface area (Å²) in [6.45, 7) is 5.51. The Balaban J connectivity index is 1.76. The molecule has 7 heteroatoms. The third kappa shape index (κ3) is 7.36. The van der Waals surface area contributed by atoms with Crippen LogP contribution in [0.3, 0.4) is 0 Å². The Labute approximate surface area is 199 Å². The molecule has 174 valence electrons. The Morgan fingerprint density at radius 2 is 1.67 bits per heavy atom. The highest BCUT2D eigenvalue weighted by molar-refractivity contribution is 7.09. The Morgan fingerprint density at radius 3 is 2.33 bits per heavy atom. The molecule has 0 atom stereocenters. The maximum absolute atomic E-state index is 13.4. The number of methoxy groups -OCH3 is 1. The van der Waals surface area contributed by atoms with Crippen molar-refractivity contribution >= 4 is 29.0 Å². The number of ether oxygens (including phenoxy) is 1. The molecule has 0 spiro atoms. The highest BCUT2D eigenvalue weighted by atomic mass is 32.1. The molecule has 0 saturated heterocycles. The van der Waals surface area contributed by atoms with Crippen LogP contribution in [0.4, 0.5) is 10.5 Å². The summed E-state index contributed by atoms with van der Waals surface area (Å²) in [7, 11) is 1.56. The van der Waals surface area contributed by atoms with E-state index in [0.29, 0.717) is 31.1 Å². The van der Waals surface area contributed by atoms with Gasteiger partial charge < -0.3 is 19.9 Å². The number of carbonyl (C=O) groups excluding carboxylic acids is 2. The van der Waals surface area contributed by atoms with E-state index in [1.54, 1.807) is 35.5 Å². The number of rotatable bonds is 10. The first-order valence-corrected chi connectivity index (χ1v) is 11.9. The molecule has 6 nitrogen and oxygen atoms in total. The van der Waals surface area contributed by atoms with E-state index in [4.69, 9.17) is 4.74 Å². The number of nitrogens with zero attached hydrogens (tertiary/aromatic N) is 2. The minimum Gasteiger partial charge on any atom is -0.495 e. The van der Waals surface area contributed by atoms with Gasteiger partial charge >= 0.3 is 6.03 Å². The van der Waals surface area contributed by atoms with Crippen molar-refractivity contribution in [2.75, 3.05) is 25.5 Å². The van der Waals surface area contributed by atoms with E-state index in [1.165, 1.54) is 0 Å². The van der Waals surface area contributed by atoms with Gasteiger partial charge in [-0.05, 0) is 35.1 Å². The lowest BCUT2D eigenvalue weighted by Crippen LogP contribution is -2.45. The standard InChI is InChI=1S/C26H31N3O3S/c1-20(2)16-29(26(31)27-23-13-7-8-14-24(23)32-3)19-25(30)28(18-22-12-9-15-33-22)17-21-10-5-4-6-11-21/h4-15,20H,16-19H2,1-3H3,(H,27,31). The Bertz CT molecular complexity index is 1020. The van der Waals surface area contributed by atoms with Crippen LogP contribution in [0, 0.1) is 5.92 Å². The van der Waals surface area contributed by atoms with Crippen LogP contribution in [0.25, 0.3) is 0 Å². The first-order valence-electron chi connectivity index (χ1n) is 11.0. The minimum absolute atomic E-state index is 0.00261. The van der Waals surface area contributed by atoms with Gasteiger partial charge in [0.05, 0.1) is 19.3 Å². The second kappa shape index (κ2) is 12.1. The number of hydrogen-bond acceptors (Lipinski definition) is 4. The minimum atomic E-state index is -0.322. The van der Waals surface area contributed by atoms with E-state index in [-0.39, 0.29) is 24.4 Å². The molecule has 0 aliphatic rings. The first-order chi connectivity index (χ1) is 16.0. The van der Waals surface area contributed by atoms with Crippen molar-refractivity contribution in [2.24, 2.45) is 5.92 Å². The summed E-state index contributed by atoms with van der Waals surface area (Å²) in [5.74, 6) is 0.689. The van der Waals surface area contributed by atoms with Gasteiger partial charge in [0.25, 0.3) is 0 Å². The van der Waals surface area contributed by atoms with E-state index >= 15 is 0 Å². The predicted octanol–water partition coefficient (Wildman–Crippen LogP) is 5.48. The van der Waals surface area contributed by atoms with Crippen molar-refractivity contribution in [3.8, 4) is 5.75 Å². The van der Waals surface area contributed by atoms with Crippen molar-refractivity contribution in [3.63, 3.8) is 0 Å². The number of para-hydroxylation sites is 2. The number of benzene rings is 2. The lowest BCUT2D eigenvalue weighted by molar-refractivity contribution is -0.133. The van der Waals surface area contributed by atoms with E-state index in [1.807, 2.05) is 78.7 Å². The molecule has 0 saturated carbocycles. The van der Waals surface area contributed by atoms with Gasteiger partial charge in [0, 0.05) is 18.0 Å². The van der Waals surface area contributed by atoms with Gasteiger partial charge in [0.1, 0.15) is 12.3 Å². The van der Waals surface area contributed by atoms with Crippen LogP contribution in [0.1, 0.15) is 24.3 Å². The van der Waals surface area contributed by atoms with Gasteiger partial charge in [0.2, 0.25) is 5.91 Å². The second-order valence-electron chi connectivity index (χ2n) is 8.22. The zero-order valence-electron chi connectivity index (χ0n) is 19.4. The average Bonchev–Trinajstić information content (AvgIpc) is 3.32. The van der Waals surface area contributed by atoms with Crippen LogP contribution in [0.5, 0.6) is 5.75 Å². The summed E-state index contributed by atoms with van der Waals surface area (Å²) in [5.41, 5.74) is 1.63. The van der Waals surface area contributed by atoms with Crippen molar-refractivity contribution in [3.05, 3.63) is 82.6 Å². The number of thiophene rings is 1. The third-order valence-electron chi connectivity index (χ3n) is 5.04. The fourth-order valence-corrected chi connectivity index (χ4v) is 4.21. The summed E-state index contributed by atoms with van der Waals surface area (Å²) in [5, 5.41) is 4.91. The molecule has 1 heterocycles. The summed E-state index contributed by atoms with van der Waals surface area (Å²) in [6, 6.07) is 20.8. The Morgan fingerprint density at radius 1 is 0.939 bits per heavy atom. The smallest absolute Gasteiger partial charge is 0.322 e. The normalized spacial score (nSPS) is 10.7. The van der Waals surface area contributed by atoms with Crippen LogP contribution in [0.2, 0.25) is 0 Å². The molecule has 1 aromatic heterocycles. The van der Waals surface area contributed by atoms with Gasteiger partial charge in [-0.15, -0.1) is 11.3 Å². The molecule has 0 radical (unpaired) electrons. The summed E-state index contributed by atoms with van der Waals surface area (Å²) in [4.78, 5) is 31.1. The summed E-state index contributed by atoms with van der Waals surface area (Å²) in [6.07, 6.45) is 0. The van der Waals surface area contributed by atoms with Gasteiger partial charge in [-0.3, -0.25) is 4.79 Å². The maximum atomic E-state index is 13.4. The topological polar surface area (TPSA) is 61.9 Å². The highest BCUT2D eigenvalue weighted by Gasteiger charge is 2.23. The number of carbonyl (C=O) groups is 2. The van der Waals surface area contributed by atoms with Crippen LogP contribution in [0.15, 0.2) is 72.1 Å². The summed E-state index contributed by atoms with van der Waals surface area (Å²) >= 11 is 1.62. The van der Waals surface area contributed by atoms with Crippen molar-refractivity contribution in [2.45, 2.75) is 26.9 Å². The molecule has 0 unspecified atom stereocenters. The van der Waals surface area contributed by atoms with Crippen LogP contribution in [-0.4, -0.2) is 41.9 Å². The van der Waals surface area contributed by atoms with Crippen molar-refractivity contribution < 1.29 is 14.3 Å². The highest BCUT2D eigenvalue weighted by Crippen LogP contribution is 2.23. The average molecular weight is 466 g/mol. The second-order valence-corrected chi connectivity index (χ2v) is 9.25. The van der Waals surface area contributed by atoms with E-state index in [0.717, 1.165) is 10.4 Å². The number of urea groups is 1. The molecule has 1 N–H and O–H groups in total. The SMILES string of the molecule is COc1ccccc1NC(=O)N(CC(=O)N(Cc1ccccc1)Cc1cccs1)CC(C)C. The fourth-order valence-electron chi connectivity index (χ4n) is 3.49. The molecule has 0 fully saturated rings. The molecule has 0 bridgehead atoms. The molecule has 33 heavy (non-hydrogen) atoms. The van der Waals surface area contributed by atoms with E-state index < -0.39 is 0 Å². The lowest BCUT2D eigenvalue weighted by Gasteiger charge is -2.29. The van der Waals surface area contributed by atoms with Crippen LogP contribution in [-0.2, 0) is 17.9 Å².